The largest absolute Gasteiger partial charge is 0.296 e. The van der Waals surface area contributed by atoms with Crippen molar-refractivity contribution in [2.24, 2.45) is 5.10 Å². The molecule has 4 nitrogen and oxygen atoms in total. The third-order valence-corrected chi connectivity index (χ3v) is 3.56. The molecule has 0 aliphatic rings. The molecule has 2 aromatic carbocycles. The summed E-state index contributed by atoms with van der Waals surface area (Å²) in [5.41, 5.74) is 7.06. The van der Waals surface area contributed by atoms with Gasteiger partial charge in [0.15, 0.2) is 12.0 Å². The van der Waals surface area contributed by atoms with Crippen LogP contribution in [0, 0.1) is 20.8 Å². The van der Waals surface area contributed by atoms with E-state index >= 15 is 0 Å². The first-order valence-corrected chi connectivity index (χ1v) is 6.99. The lowest BCUT2D eigenvalue weighted by Gasteiger charge is -2.08. The van der Waals surface area contributed by atoms with Gasteiger partial charge in [-0.3, -0.25) is 15.0 Å². The van der Waals surface area contributed by atoms with Crippen LogP contribution in [0.3, 0.4) is 0 Å². The van der Waals surface area contributed by atoms with Gasteiger partial charge < -0.3 is 0 Å². The molecule has 0 amide bonds. The summed E-state index contributed by atoms with van der Waals surface area (Å²) in [7, 11) is 0. The van der Waals surface area contributed by atoms with E-state index in [1.165, 1.54) is 0 Å². The molecule has 0 heterocycles. The van der Waals surface area contributed by atoms with Gasteiger partial charge in [-0.05, 0) is 38.0 Å². The van der Waals surface area contributed by atoms with Crippen LogP contribution >= 0.6 is 0 Å². The third-order valence-electron chi connectivity index (χ3n) is 3.56. The van der Waals surface area contributed by atoms with Gasteiger partial charge in [0.05, 0.1) is 5.69 Å². The highest BCUT2D eigenvalue weighted by atomic mass is 16.1. The molecule has 0 aliphatic carbocycles. The molecule has 0 fully saturated rings. The molecule has 0 saturated heterocycles. The van der Waals surface area contributed by atoms with E-state index in [2.05, 4.69) is 10.5 Å². The van der Waals surface area contributed by atoms with E-state index in [0.717, 1.165) is 22.4 Å². The summed E-state index contributed by atoms with van der Waals surface area (Å²) in [6, 6.07) is 12.8. The van der Waals surface area contributed by atoms with Crippen LogP contribution in [0.2, 0.25) is 0 Å². The maximum absolute atomic E-state index is 12.3. The Morgan fingerprint density at radius 1 is 1.05 bits per heavy atom. The molecule has 2 aromatic rings. The smallest absolute Gasteiger partial charge is 0.216 e. The zero-order chi connectivity index (χ0) is 16.1. The molecule has 2 rings (SSSR count). The lowest BCUT2D eigenvalue weighted by atomic mass is 10.1. The predicted octanol–water partition coefficient (Wildman–Crippen LogP) is 3.46. The van der Waals surface area contributed by atoms with E-state index in [4.69, 9.17) is 0 Å². The summed E-state index contributed by atoms with van der Waals surface area (Å²) in [4.78, 5) is 23.4. The van der Waals surface area contributed by atoms with E-state index in [9.17, 15) is 9.59 Å². The number of aryl methyl sites for hydroxylation is 2. The Kier molecular flexibility index (Phi) is 4.84. The van der Waals surface area contributed by atoms with Gasteiger partial charge in [-0.1, -0.05) is 42.0 Å². The second kappa shape index (κ2) is 6.80. The van der Waals surface area contributed by atoms with Crippen molar-refractivity contribution >= 4 is 23.5 Å². The van der Waals surface area contributed by atoms with Gasteiger partial charge in [0.25, 0.3) is 0 Å². The summed E-state index contributed by atoms with van der Waals surface area (Å²) < 4.78 is 0. The first-order valence-electron chi connectivity index (χ1n) is 6.99. The van der Waals surface area contributed by atoms with Crippen LogP contribution < -0.4 is 5.43 Å². The van der Waals surface area contributed by atoms with E-state index in [1.54, 1.807) is 12.1 Å². The van der Waals surface area contributed by atoms with Gasteiger partial charge in [-0.15, -0.1) is 0 Å². The topological polar surface area (TPSA) is 58.5 Å². The standard InChI is InChI=1S/C18H18N2O2/c1-12-7-9-15(10-8-12)18(22)17(11-21)20-19-16-6-4-5-13(2)14(16)3/h4-11,19H,1-3H3/b20-17-. The van der Waals surface area contributed by atoms with E-state index in [-0.39, 0.29) is 5.71 Å². The van der Waals surface area contributed by atoms with Crippen LogP contribution in [-0.2, 0) is 4.79 Å². The highest BCUT2D eigenvalue weighted by molar-refractivity contribution is 6.63. The summed E-state index contributed by atoms with van der Waals surface area (Å²) in [6.07, 6.45) is 0.473. The Hall–Kier alpha value is -2.75. The van der Waals surface area contributed by atoms with Crippen molar-refractivity contribution in [2.75, 3.05) is 5.43 Å². The monoisotopic (exact) mass is 294 g/mol. The minimum atomic E-state index is -0.396. The molecule has 0 spiro atoms. The molecular weight excluding hydrogens is 276 g/mol. The fourth-order valence-corrected chi connectivity index (χ4v) is 1.98. The maximum Gasteiger partial charge on any atom is 0.216 e. The van der Waals surface area contributed by atoms with Crippen LogP contribution in [0.25, 0.3) is 0 Å². The SMILES string of the molecule is Cc1ccc(C(=O)/C(C=O)=N\Nc2cccc(C)c2C)cc1. The predicted molar refractivity (Wildman–Crippen MR) is 88.5 cm³/mol. The number of hydrogen-bond donors (Lipinski definition) is 1. The molecule has 112 valence electrons. The van der Waals surface area contributed by atoms with Crippen LogP contribution in [0.1, 0.15) is 27.0 Å². The fraction of sp³-hybridized carbons (Fsp3) is 0.167. The zero-order valence-electron chi connectivity index (χ0n) is 12.9. The minimum Gasteiger partial charge on any atom is -0.296 e. The lowest BCUT2D eigenvalue weighted by molar-refractivity contribution is -0.102. The van der Waals surface area contributed by atoms with Crippen LogP contribution in [0.15, 0.2) is 47.6 Å². The quantitative estimate of drug-likeness (QED) is 0.302. The Balaban J connectivity index is 2.24. The van der Waals surface area contributed by atoms with E-state index < -0.39 is 5.78 Å². The van der Waals surface area contributed by atoms with Crippen LogP contribution in [0.5, 0.6) is 0 Å². The van der Waals surface area contributed by atoms with Gasteiger partial charge >= 0.3 is 0 Å². The Morgan fingerprint density at radius 3 is 2.36 bits per heavy atom. The number of carbonyl (C=O) groups is 2. The Labute approximate surface area is 129 Å². The summed E-state index contributed by atoms with van der Waals surface area (Å²) in [5, 5.41) is 3.96. The Morgan fingerprint density at radius 2 is 1.73 bits per heavy atom. The molecule has 0 aromatic heterocycles. The van der Waals surface area contributed by atoms with Gasteiger partial charge in [0.1, 0.15) is 0 Å². The van der Waals surface area contributed by atoms with Gasteiger partial charge in [-0.2, -0.15) is 5.10 Å². The molecule has 0 atom stereocenters. The van der Waals surface area contributed by atoms with Crippen molar-refractivity contribution in [3.63, 3.8) is 0 Å². The molecule has 22 heavy (non-hydrogen) atoms. The average Bonchev–Trinajstić information content (AvgIpc) is 2.52. The highest BCUT2D eigenvalue weighted by Crippen LogP contribution is 2.17. The van der Waals surface area contributed by atoms with Crippen molar-refractivity contribution in [3.05, 3.63) is 64.7 Å². The molecule has 0 saturated carbocycles. The first-order chi connectivity index (χ1) is 10.5. The fourth-order valence-electron chi connectivity index (χ4n) is 1.98. The van der Waals surface area contributed by atoms with E-state index in [1.807, 2.05) is 51.1 Å². The lowest BCUT2D eigenvalue weighted by Crippen LogP contribution is -2.17. The number of hydrogen-bond acceptors (Lipinski definition) is 4. The molecular formula is C18H18N2O2. The number of Topliss-reactive ketones (excluding diaryl/α,β-unsaturated/α-hetero) is 1. The number of ketones is 1. The number of carbonyl (C=O) groups excluding carboxylic acids is 2. The van der Waals surface area contributed by atoms with Gasteiger partial charge in [0.2, 0.25) is 5.78 Å². The van der Waals surface area contributed by atoms with Crippen molar-refractivity contribution in [3.8, 4) is 0 Å². The second-order valence-corrected chi connectivity index (χ2v) is 5.17. The second-order valence-electron chi connectivity index (χ2n) is 5.17. The normalized spacial score (nSPS) is 11.1. The summed E-state index contributed by atoms with van der Waals surface area (Å²) in [6.45, 7) is 5.88. The van der Waals surface area contributed by atoms with Crippen LogP contribution in [0.4, 0.5) is 5.69 Å². The molecule has 0 radical (unpaired) electrons. The molecule has 0 unspecified atom stereocenters. The zero-order valence-corrected chi connectivity index (χ0v) is 12.9. The average molecular weight is 294 g/mol. The molecule has 0 aliphatic heterocycles. The number of nitrogens with zero attached hydrogens (tertiary/aromatic N) is 1. The summed E-state index contributed by atoms with van der Waals surface area (Å²) >= 11 is 0. The van der Waals surface area contributed by atoms with Crippen molar-refractivity contribution in [1.82, 2.24) is 0 Å². The number of rotatable bonds is 5. The van der Waals surface area contributed by atoms with Gasteiger partial charge in [0, 0.05) is 5.56 Å². The van der Waals surface area contributed by atoms with E-state index in [0.29, 0.717) is 11.8 Å². The number of nitrogens with one attached hydrogen (secondary N) is 1. The maximum atomic E-state index is 12.3. The summed E-state index contributed by atoms with van der Waals surface area (Å²) in [5.74, 6) is -0.396. The van der Waals surface area contributed by atoms with Crippen LogP contribution in [-0.4, -0.2) is 17.8 Å². The molecule has 1 N–H and O–H groups in total. The third kappa shape index (κ3) is 3.47. The Bertz CT molecular complexity index is 731. The molecule has 4 heteroatoms. The van der Waals surface area contributed by atoms with Gasteiger partial charge in [-0.25, -0.2) is 0 Å². The number of benzene rings is 2. The van der Waals surface area contributed by atoms with Crippen molar-refractivity contribution in [2.45, 2.75) is 20.8 Å². The first kappa shape index (κ1) is 15.6. The number of aldehydes is 1. The number of hydrazone groups is 1. The highest BCUT2D eigenvalue weighted by Gasteiger charge is 2.13. The number of anilines is 1. The van der Waals surface area contributed by atoms with Crippen molar-refractivity contribution < 1.29 is 9.59 Å². The van der Waals surface area contributed by atoms with Crippen molar-refractivity contribution in [1.29, 1.82) is 0 Å². The molecule has 0 bridgehead atoms. The minimum absolute atomic E-state index is 0.148.